The van der Waals surface area contributed by atoms with Crippen molar-refractivity contribution in [3.8, 4) is 5.75 Å². The van der Waals surface area contributed by atoms with Gasteiger partial charge in [-0.05, 0) is 38.1 Å². The van der Waals surface area contributed by atoms with E-state index in [2.05, 4.69) is 16.0 Å². The van der Waals surface area contributed by atoms with Gasteiger partial charge in [-0.3, -0.25) is 20.4 Å². The Bertz CT molecular complexity index is 634. The maximum atomic E-state index is 11.8. The van der Waals surface area contributed by atoms with Crippen LogP contribution in [0.5, 0.6) is 5.75 Å². The first-order valence-corrected chi connectivity index (χ1v) is 6.37. The van der Waals surface area contributed by atoms with Gasteiger partial charge in [-0.2, -0.15) is 0 Å². The van der Waals surface area contributed by atoms with Gasteiger partial charge in [0.15, 0.2) is 5.69 Å². The molecule has 2 aromatic rings. The smallest absolute Gasteiger partial charge is 0.291 e. The number of nitrogens with zero attached hydrogens (tertiary/aromatic N) is 1. The molecule has 7 heteroatoms. The van der Waals surface area contributed by atoms with Crippen molar-refractivity contribution in [1.82, 2.24) is 16.0 Å². The number of benzene rings is 1. The number of aryl methyl sites for hydroxylation is 1. The van der Waals surface area contributed by atoms with Gasteiger partial charge in [0.1, 0.15) is 11.5 Å². The van der Waals surface area contributed by atoms with Crippen LogP contribution in [-0.4, -0.2) is 23.6 Å². The van der Waals surface area contributed by atoms with Crippen LogP contribution in [0, 0.1) is 6.92 Å². The molecule has 0 unspecified atom stereocenters. The van der Waals surface area contributed by atoms with Crippen molar-refractivity contribution in [2.45, 2.75) is 13.8 Å². The van der Waals surface area contributed by atoms with Crippen LogP contribution in [-0.2, 0) is 0 Å². The van der Waals surface area contributed by atoms with Crippen LogP contribution in [0.15, 0.2) is 34.9 Å². The minimum absolute atomic E-state index is 0.0968. The lowest BCUT2D eigenvalue weighted by atomic mass is 10.2. The number of hydrogen-bond donors (Lipinski definition) is 2. The molecule has 0 spiro atoms. The van der Waals surface area contributed by atoms with Gasteiger partial charge >= 0.3 is 0 Å². The standard InChI is InChI=1S/C14H15N3O4/c1-3-20-11-6-4-10(5-7-11)13(18)15-16-14(19)12-8-9(2)21-17-12/h4-8H,3H2,1-2H3,(H,15,18)(H,16,19). The number of carbonyl (C=O) groups excluding carboxylic acids is 2. The van der Waals surface area contributed by atoms with Crippen molar-refractivity contribution in [1.29, 1.82) is 0 Å². The molecule has 1 aromatic carbocycles. The Morgan fingerprint density at radius 1 is 1.19 bits per heavy atom. The third kappa shape index (κ3) is 3.82. The van der Waals surface area contributed by atoms with Crippen molar-refractivity contribution in [3.05, 3.63) is 47.3 Å². The first kappa shape index (κ1) is 14.6. The third-order valence-corrected chi connectivity index (χ3v) is 2.58. The van der Waals surface area contributed by atoms with Crippen molar-refractivity contribution >= 4 is 11.8 Å². The van der Waals surface area contributed by atoms with E-state index in [1.165, 1.54) is 6.07 Å². The summed E-state index contributed by atoms with van der Waals surface area (Å²) in [6.07, 6.45) is 0. The van der Waals surface area contributed by atoms with Crippen molar-refractivity contribution in [3.63, 3.8) is 0 Å². The third-order valence-electron chi connectivity index (χ3n) is 2.58. The molecule has 0 atom stereocenters. The van der Waals surface area contributed by atoms with E-state index in [4.69, 9.17) is 9.26 Å². The van der Waals surface area contributed by atoms with E-state index in [0.717, 1.165) is 0 Å². The summed E-state index contributed by atoms with van der Waals surface area (Å²) in [5.41, 5.74) is 5.05. The van der Waals surface area contributed by atoms with Gasteiger partial charge in [0.25, 0.3) is 11.8 Å². The summed E-state index contributed by atoms with van der Waals surface area (Å²) >= 11 is 0. The van der Waals surface area contributed by atoms with Crippen LogP contribution in [0.4, 0.5) is 0 Å². The highest BCUT2D eigenvalue weighted by Crippen LogP contribution is 2.11. The summed E-state index contributed by atoms with van der Waals surface area (Å²) in [5.74, 6) is 0.201. The molecule has 0 saturated carbocycles. The van der Waals surface area contributed by atoms with E-state index >= 15 is 0 Å². The monoisotopic (exact) mass is 289 g/mol. The van der Waals surface area contributed by atoms with Gasteiger partial charge in [-0.15, -0.1) is 0 Å². The van der Waals surface area contributed by atoms with Gasteiger partial charge in [0.05, 0.1) is 6.61 Å². The Kier molecular flexibility index (Phi) is 4.55. The molecule has 0 aliphatic heterocycles. The zero-order valence-electron chi connectivity index (χ0n) is 11.7. The van der Waals surface area contributed by atoms with E-state index in [0.29, 0.717) is 23.7 Å². The lowest BCUT2D eigenvalue weighted by molar-refractivity contribution is 0.0841. The van der Waals surface area contributed by atoms with E-state index in [9.17, 15) is 9.59 Å². The number of ether oxygens (including phenoxy) is 1. The van der Waals surface area contributed by atoms with Crippen molar-refractivity contribution in [2.24, 2.45) is 0 Å². The van der Waals surface area contributed by atoms with Crippen LogP contribution < -0.4 is 15.6 Å². The van der Waals surface area contributed by atoms with Crippen LogP contribution in [0.3, 0.4) is 0 Å². The summed E-state index contributed by atoms with van der Waals surface area (Å²) in [6.45, 7) is 4.10. The summed E-state index contributed by atoms with van der Waals surface area (Å²) in [5, 5.41) is 3.54. The van der Waals surface area contributed by atoms with Crippen LogP contribution in [0.25, 0.3) is 0 Å². The molecule has 1 heterocycles. The number of nitrogens with one attached hydrogen (secondary N) is 2. The van der Waals surface area contributed by atoms with Gasteiger partial charge in [-0.25, -0.2) is 0 Å². The quantitative estimate of drug-likeness (QED) is 0.831. The fourth-order valence-electron chi connectivity index (χ4n) is 1.59. The number of hydrazine groups is 1. The van der Waals surface area contributed by atoms with Crippen LogP contribution >= 0.6 is 0 Å². The molecule has 2 N–H and O–H groups in total. The first-order chi connectivity index (χ1) is 10.1. The second-order valence-electron chi connectivity index (χ2n) is 4.19. The maximum absolute atomic E-state index is 11.8. The minimum Gasteiger partial charge on any atom is -0.494 e. The average molecular weight is 289 g/mol. The fraction of sp³-hybridized carbons (Fsp3) is 0.214. The van der Waals surface area contributed by atoms with Gasteiger partial charge in [0.2, 0.25) is 0 Å². The summed E-state index contributed by atoms with van der Waals surface area (Å²) in [6, 6.07) is 8.04. The van der Waals surface area contributed by atoms with Gasteiger partial charge < -0.3 is 9.26 Å². The minimum atomic E-state index is -0.550. The molecule has 7 nitrogen and oxygen atoms in total. The second-order valence-corrected chi connectivity index (χ2v) is 4.19. The van der Waals surface area contributed by atoms with Crippen molar-refractivity contribution in [2.75, 3.05) is 6.61 Å². The Hall–Kier alpha value is -2.83. The van der Waals surface area contributed by atoms with E-state index in [1.807, 2.05) is 6.92 Å². The molecule has 0 radical (unpaired) electrons. The SMILES string of the molecule is CCOc1ccc(C(=O)NNC(=O)c2cc(C)on2)cc1. The molecule has 2 amide bonds. The molecule has 0 aliphatic rings. The molecule has 0 bridgehead atoms. The highest BCUT2D eigenvalue weighted by molar-refractivity contribution is 5.98. The highest BCUT2D eigenvalue weighted by atomic mass is 16.5. The average Bonchev–Trinajstić information content (AvgIpc) is 2.92. The zero-order valence-corrected chi connectivity index (χ0v) is 11.7. The Morgan fingerprint density at radius 2 is 1.86 bits per heavy atom. The fourth-order valence-corrected chi connectivity index (χ4v) is 1.59. The summed E-state index contributed by atoms with van der Waals surface area (Å²) < 4.78 is 10.1. The Morgan fingerprint density at radius 3 is 2.43 bits per heavy atom. The lowest BCUT2D eigenvalue weighted by Crippen LogP contribution is -2.41. The highest BCUT2D eigenvalue weighted by Gasteiger charge is 2.12. The van der Waals surface area contributed by atoms with Gasteiger partial charge in [-0.1, -0.05) is 5.16 Å². The lowest BCUT2D eigenvalue weighted by Gasteiger charge is -2.07. The molecule has 110 valence electrons. The largest absolute Gasteiger partial charge is 0.494 e. The van der Waals surface area contributed by atoms with Crippen LogP contribution in [0.1, 0.15) is 33.5 Å². The molecule has 1 aromatic heterocycles. The summed E-state index contributed by atoms with van der Waals surface area (Å²) in [7, 11) is 0. The van der Waals surface area contributed by atoms with E-state index in [-0.39, 0.29) is 5.69 Å². The zero-order chi connectivity index (χ0) is 15.2. The number of aromatic nitrogens is 1. The normalized spacial score (nSPS) is 10.0. The molecule has 21 heavy (non-hydrogen) atoms. The van der Waals surface area contributed by atoms with E-state index in [1.54, 1.807) is 31.2 Å². The molecule has 2 rings (SSSR count). The van der Waals surface area contributed by atoms with Crippen molar-refractivity contribution < 1.29 is 18.8 Å². The number of amides is 2. The Balaban J connectivity index is 1.90. The number of carbonyl (C=O) groups is 2. The Labute approximate surface area is 121 Å². The molecular weight excluding hydrogens is 274 g/mol. The topological polar surface area (TPSA) is 93.5 Å². The molecular formula is C14H15N3O4. The predicted octanol–water partition coefficient (Wildman–Crippen LogP) is 1.46. The molecule has 0 fully saturated rings. The first-order valence-electron chi connectivity index (χ1n) is 6.37. The van der Waals surface area contributed by atoms with Gasteiger partial charge in [0, 0.05) is 11.6 Å². The maximum Gasteiger partial charge on any atom is 0.291 e. The van der Waals surface area contributed by atoms with Crippen LogP contribution in [0.2, 0.25) is 0 Å². The molecule has 0 aliphatic carbocycles. The number of hydrogen-bond acceptors (Lipinski definition) is 5. The number of rotatable bonds is 4. The second kappa shape index (κ2) is 6.56. The molecule has 0 saturated heterocycles. The van der Waals surface area contributed by atoms with E-state index < -0.39 is 11.8 Å². The predicted molar refractivity (Wildman–Crippen MR) is 73.8 cm³/mol. The summed E-state index contributed by atoms with van der Waals surface area (Å²) in [4.78, 5) is 23.5.